The maximum Gasteiger partial charge on any atom is 0.338 e. The number of hydrogen-bond donors (Lipinski definition) is 1. The molecule has 2 aliphatic rings. The lowest BCUT2D eigenvalue weighted by molar-refractivity contribution is -0.150. The number of carbonyl (C=O) groups is 3. The molecule has 0 unspecified atom stereocenters. The van der Waals surface area contributed by atoms with Gasteiger partial charge in [-0.3, -0.25) is 9.59 Å². The summed E-state index contributed by atoms with van der Waals surface area (Å²) in [6.07, 6.45) is 1.48. The zero-order valence-electron chi connectivity index (χ0n) is 19.9. The highest BCUT2D eigenvalue weighted by Crippen LogP contribution is 2.41. The zero-order chi connectivity index (χ0) is 24.1. The third kappa shape index (κ3) is 5.75. The van der Waals surface area contributed by atoms with Crippen LogP contribution in [0.5, 0.6) is 0 Å². The van der Waals surface area contributed by atoms with Crippen LogP contribution in [0.3, 0.4) is 0 Å². The Hall–Kier alpha value is -2.41. The Morgan fingerprint density at radius 1 is 0.939 bits per heavy atom. The number of ether oxygens (including phenoxy) is 3. The largest absolute Gasteiger partial charge is 0.462 e. The molecular weight excluding hydrogens is 424 g/mol. The molecule has 0 spiro atoms. The van der Waals surface area contributed by atoms with Gasteiger partial charge < -0.3 is 19.3 Å². The first-order chi connectivity index (χ1) is 15.0. The molecule has 2 heterocycles. The van der Waals surface area contributed by atoms with Crippen LogP contribution >= 0.6 is 0 Å². The second-order valence-electron chi connectivity index (χ2n) is 9.22. The highest BCUT2D eigenvalue weighted by atomic mass is 16.6. The lowest BCUT2D eigenvalue weighted by Gasteiger charge is -2.25. The van der Waals surface area contributed by atoms with Crippen LogP contribution in [0, 0.1) is 22.7 Å². The van der Waals surface area contributed by atoms with E-state index in [1.165, 1.54) is 0 Å². The van der Waals surface area contributed by atoms with Crippen molar-refractivity contribution in [1.29, 1.82) is 0 Å². The number of aliphatic hydroxyl groups excluding tert-OH is 1. The summed E-state index contributed by atoms with van der Waals surface area (Å²) < 4.78 is 15.8. The molecule has 0 bridgehead atoms. The first-order valence-electron chi connectivity index (χ1n) is 11.3. The normalized spacial score (nSPS) is 32.7. The van der Waals surface area contributed by atoms with Gasteiger partial charge in [0.2, 0.25) is 0 Å². The predicted octanol–water partition coefficient (Wildman–Crippen LogP) is 4.41. The number of hydrogen-bond acceptors (Lipinski definition) is 7. The maximum atomic E-state index is 12.0. The van der Waals surface area contributed by atoms with E-state index in [0.29, 0.717) is 5.56 Å². The fraction of sp³-hybridized carbons (Fsp3) is 0.654. The molecule has 186 valence electrons. The van der Waals surface area contributed by atoms with Gasteiger partial charge in [-0.1, -0.05) is 53.3 Å². The van der Waals surface area contributed by atoms with Gasteiger partial charge in [-0.05, 0) is 38.8 Å². The van der Waals surface area contributed by atoms with Gasteiger partial charge in [-0.2, -0.15) is 0 Å². The lowest BCUT2D eigenvalue weighted by Crippen LogP contribution is -2.35. The number of cyclic esters (lactones) is 2. The zero-order valence-corrected chi connectivity index (χ0v) is 19.9. The number of carbonyl (C=O) groups excluding carboxylic acids is 3. The molecule has 1 N–H and O–H groups in total. The van der Waals surface area contributed by atoms with Crippen molar-refractivity contribution in [3.8, 4) is 0 Å². The molecule has 0 saturated carbocycles. The Balaban J connectivity index is 0.000000361. The summed E-state index contributed by atoms with van der Waals surface area (Å²) in [5.74, 6) is -0.808. The van der Waals surface area contributed by atoms with Gasteiger partial charge in [0.1, 0.15) is 24.2 Å². The van der Waals surface area contributed by atoms with E-state index in [2.05, 4.69) is 0 Å². The quantitative estimate of drug-likeness (QED) is 0.492. The molecule has 1 aromatic carbocycles. The van der Waals surface area contributed by atoms with Gasteiger partial charge in [-0.15, -0.1) is 0 Å². The minimum absolute atomic E-state index is 0. The van der Waals surface area contributed by atoms with Gasteiger partial charge in [0.05, 0.1) is 17.6 Å². The fourth-order valence-electron chi connectivity index (χ4n) is 4.09. The minimum Gasteiger partial charge on any atom is -0.462 e. The van der Waals surface area contributed by atoms with Crippen LogP contribution in [0.2, 0.25) is 0 Å². The summed E-state index contributed by atoms with van der Waals surface area (Å²) in [5.41, 5.74) is -0.951. The number of benzene rings is 1. The first kappa shape index (κ1) is 28.6. The molecule has 1 aromatic rings. The average Bonchev–Trinajstić information content (AvgIpc) is 3.17. The van der Waals surface area contributed by atoms with Crippen molar-refractivity contribution in [2.24, 2.45) is 22.7 Å². The second-order valence-corrected chi connectivity index (χ2v) is 9.22. The predicted molar refractivity (Wildman–Crippen MR) is 125 cm³/mol. The number of esters is 3. The smallest absolute Gasteiger partial charge is 0.338 e. The molecule has 0 aromatic heterocycles. The molecule has 7 heteroatoms. The van der Waals surface area contributed by atoms with E-state index in [0.717, 1.165) is 12.8 Å². The summed E-state index contributed by atoms with van der Waals surface area (Å²) in [7, 11) is 0. The molecule has 2 fully saturated rings. The van der Waals surface area contributed by atoms with Crippen molar-refractivity contribution in [2.75, 3.05) is 13.2 Å². The average molecular weight is 465 g/mol. The Morgan fingerprint density at radius 2 is 1.39 bits per heavy atom. The maximum absolute atomic E-state index is 12.0. The summed E-state index contributed by atoms with van der Waals surface area (Å²) in [6, 6.07) is 8.77. The summed E-state index contributed by atoms with van der Waals surface area (Å²) in [6.45, 7) is 11.4. The molecule has 2 aliphatic heterocycles. The molecular formula is C26H40O7. The van der Waals surface area contributed by atoms with Crippen LogP contribution < -0.4 is 0 Å². The summed E-state index contributed by atoms with van der Waals surface area (Å²) in [5, 5.41) is 9.08. The van der Waals surface area contributed by atoms with E-state index >= 15 is 0 Å². The molecule has 33 heavy (non-hydrogen) atoms. The molecule has 3 rings (SSSR count). The van der Waals surface area contributed by atoms with Gasteiger partial charge in [-0.25, -0.2) is 4.79 Å². The van der Waals surface area contributed by atoms with Crippen LogP contribution in [0.4, 0.5) is 0 Å². The third-order valence-corrected chi connectivity index (χ3v) is 7.22. The van der Waals surface area contributed by atoms with Crippen molar-refractivity contribution in [3.05, 3.63) is 35.9 Å². The number of rotatable bonds is 6. The minimum atomic E-state index is -0.759. The monoisotopic (exact) mass is 464 g/mol. The van der Waals surface area contributed by atoms with Crippen LogP contribution in [-0.4, -0.2) is 48.4 Å². The van der Waals surface area contributed by atoms with Gasteiger partial charge >= 0.3 is 17.9 Å². The number of aliphatic hydroxyl groups is 1. The van der Waals surface area contributed by atoms with E-state index in [1.54, 1.807) is 38.1 Å². The highest BCUT2D eigenvalue weighted by Gasteiger charge is 2.52. The fourth-order valence-corrected chi connectivity index (χ4v) is 4.09. The molecule has 0 aliphatic carbocycles. The Labute approximate surface area is 197 Å². The van der Waals surface area contributed by atoms with E-state index in [4.69, 9.17) is 19.3 Å². The Bertz CT molecular complexity index is 808. The molecule has 7 nitrogen and oxygen atoms in total. The molecule has 2 saturated heterocycles. The van der Waals surface area contributed by atoms with Crippen molar-refractivity contribution in [1.82, 2.24) is 0 Å². The second kappa shape index (κ2) is 11.6. The molecule has 0 radical (unpaired) electrons. The van der Waals surface area contributed by atoms with Crippen LogP contribution in [0.25, 0.3) is 0 Å². The van der Waals surface area contributed by atoms with Gasteiger partial charge in [0.15, 0.2) is 0 Å². The van der Waals surface area contributed by atoms with Crippen molar-refractivity contribution in [3.63, 3.8) is 0 Å². The molecule has 0 amide bonds. The van der Waals surface area contributed by atoms with Crippen molar-refractivity contribution in [2.45, 2.75) is 74.0 Å². The third-order valence-electron chi connectivity index (χ3n) is 7.22. The standard InChI is InChI=1S/C16H20O4.C9H16O3.CH4/c1-4-13-11(2)16(3,15(18)20-13)10-19-14(17)12-8-6-5-7-9-12;1-4-7-6(2)9(3,5-10)8(11)12-7;/h5-9,11,13H,4,10H2,1-3H3;6-7,10H,4-5H2,1-3H3;1H4/t11-,13-,16-;6-,7-,9-;/m11./s1. The van der Waals surface area contributed by atoms with Crippen LogP contribution in [0.15, 0.2) is 30.3 Å². The first-order valence-corrected chi connectivity index (χ1v) is 11.3. The SMILES string of the molecule is C.CC[C@H]1OC(=O)[C@](C)(CO)[C@@H]1C.CC[C@H]1OC(=O)[C@](C)(COC(=O)c2ccccc2)[C@@H]1C. The Morgan fingerprint density at radius 3 is 1.79 bits per heavy atom. The van der Waals surface area contributed by atoms with Gasteiger partial charge in [0, 0.05) is 11.8 Å². The van der Waals surface area contributed by atoms with Crippen molar-refractivity contribution < 1.29 is 33.7 Å². The van der Waals surface area contributed by atoms with E-state index in [-0.39, 0.29) is 56.6 Å². The Kier molecular flexibility index (Phi) is 10.1. The van der Waals surface area contributed by atoms with Crippen molar-refractivity contribution >= 4 is 17.9 Å². The van der Waals surface area contributed by atoms with E-state index < -0.39 is 16.8 Å². The molecule has 6 atom stereocenters. The summed E-state index contributed by atoms with van der Waals surface area (Å²) in [4.78, 5) is 35.3. The van der Waals surface area contributed by atoms with E-state index in [9.17, 15) is 14.4 Å². The van der Waals surface area contributed by atoms with Crippen LogP contribution in [-0.2, 0) is 23.8 Å². The highest BCUT2D eigenvalue weighted by molar-refractivity contribution is 5.89. The topological polar surface area (TPSA) is 99.1 Å². The van der Waals surface area contributed by atoms with Gasteiger partial charge in [0.25, 0.3) is 0 Å². The van der Waals surface area contributed by atoms with E-state index in [1.807, 2.05) is 33.8 Å². The van der Waals surface area contributed by atoms with Crippen LogP contribution in [0.1, 0.15) is 72.2 Å². The summed E-state index contributed by atoms with van der Waals surface area (Å²) >= 11 is 0. The lowest BCUT2D eigenvalue weighted by atomic mass is 9.78.